The summed E-state index contributed by atoms with van der Waals surface area (Å²) in [5.74, 6) is -1.71. The third-order valence-corrected chi connectivity index (χ3v) is 3.59. The number of carboxylic acid groups (broad SMARTS) is 1. The number of hydrogen-bond acceptors (Lipinski definition) is 4. The van der Waals surface area contributed by atoms with E-state index in [-0.39, 0.29) is 12.6 Å². The van der Waals surface area contributed by atoms with Gasteiger partial charge in [0.2, 0.25) is 0 Å². The standard InChI is InChI=1S/C15H19N3O5/c1-15(9-23-2,13(20)21)17-12(19)10-3-5-11(6-4-10)18-8-7-16-14(18)22/h3-6H,7-9H2,1-2H3,(H,16,22)(H,17,19)(H,20,21). The molecule has 1 fully saturated rings. The fourth-order valence-electron chi connectivity index (χ4n) is 2.27. The van der Waals surface area contributed by atoms with Crippen LogP contribution in [0.15, 0.2) is 24.3 Å². The van der Waals surface area contributed by atoms with Crippen molar-refractivity contribution < 1.29 is 24.2 Å². The quantitative estimate of drug-likeness (QED) is 0.704. The first-order valence-corrected chi connectivity index (χ1v) is 7.07. The molecule has 1 atom stereocenters. The largest absolute Gasteiger partial charge is 0.479 e. The van der Waals surface area contributed by atoms with Gasteiger partial charge < -0.3 is 20.5 Å². The molecular formula is C15H19N3O5. The highest BCUT2D eigenvalue weighted by atomic mass is 16.5. The molecule has 1 unspecified atom stereocenters. The van der Waals surface area contributed by atoms with Crippen molar-refractivity contribution in [2.75, 3.05) is 31.7 Å². The van der Waals surface area contributed by atoms with E-state index in [0.29, 0.717) is 24.3 Å². The molecule has 1 heterocycles. The molecule has 2 rings (SSSR count). The summed E-state index contributed by atoms with van der Waals surface area (Å²) in [6.45, 7) is 2.37. The van der Waals surface area contributed by atoms with E-state index < -0.39 is 17.4 Å². The Labute approximate surface area is 133 Å². The molecule has 23 heavy (non-hydrogen) atoms. The second-order valence-electron chi connectivity index (χ2n) is 5.45. The minimum absolute atomic E-state index is 0.153. The average molecular weight is 321 g/mol. The predicted molar refractivity (Wildman–Crippen MR) is 82.6 cm³/mol. The molecule has 0 aliphatic carbocycles. The van der Waals surface area contributed by atoms with Gasteiger partial charge in [0.1, 0.15) is 0 Å². The number of carbonyl (C=O) groups excluding carboxylic acids is 2. The Morgan fingerprint density at radius 2 is 2.04 bits per heavy atom. The Morgan fingerprint density at radius 1 is 1.39 bits per heavy atom. The summed E-state index contributed by atoms with van der Waals surface area (Å²) >= 11 is 0. The average Bonchev–Trinajstić information content (AvgIpc) is 2.93. The van der Waals surface area contributed by atoms with E-state index in [0.717, 1.165) is 0 Å². The number of methoxy groups -OCH3 is 1. The van der Waals surface area contributed by atoms with Gasteiger partial charge in [-0.2, -0.15) is 0 Å². The van der Waals surface area contributed by atoms with Gasteiger partial charge in [-0.1, -0.05) is 0 Å². The van der Waals surface area contributed by atoms with Crippen LogP contribution in [0.2, 0.25) is 0 Å². The van der Waals surface area contributed by atoms with Crippen molar-refractivity contribution in [1.29, 1.82) is 0 Å². The van der Waals surface area contributed by atoms with Crippen LogP contribution in [0, 0.1) is 0 Å². The van der Waals surface area contributed by atoms with Gasteiger partial charge in [0.15, 0.2) is 5.54 Å². The number of anilines is 1. The molecule has 0 spiro atoms. The van der Waals surface area contributed by atoms with Crippen LogP contribution < -0.4 is 15.5 Å². The van der Waals surface area contributed by atoms with E-state index in [1.54, 1.807) is 29.2 Å². The highest BCUT2D eigenvalue weighted by Gasteiger charge is 2.35. The smallest absolute Gasteiger partial charge is 0.331 e. The maximum atomic E-state index is 12.2. The zero-order valence-electron chi connectivity index (χ0n) is 13.0. The number of benzene rings is 1. The van der Waals surface area contributed by atoms with Crippen molar-refractivity contribution in [3.8, 4) is 0 Å². The summed E-state index contributed by atoms with van der Waals surface area (Å²) < 4.78 is 4.86. The maximum absolute atomic E-state index is 12.2. The van der Waals surface area contributed by atoms with Crippen molar-refractivity contribution in [3.05, 3.63) is 29.8 Å². The molecule has 0 bridgehead atoms. The van der Waals surface area contributed by atoms with Crippen LogP contribution in [0.5, 0.6) is 0 Å². The van der Waals surface area contributed by atoms with Crippen LogP contribution in [0.3, 0.4) is 0 Å². The number of aliphatic carboxylic acids is 1. The first kappa shape index (κ1) is 16.8. The highest BCUT2D eigenvalue weighted by Crippen LogP contribution is 2.18. The summed E-state index contributed by atoms with van der Waals surface area (Å²) in [5.41, 5.74) is -0.536. The van der Waals surface area contributed by atoms with Crippen LogP contribution in [0.4, 0.5) is 10.5 Å². The number of rotatable bonds is 6. The first-order valence-electron chi connectivity index (χ1n) is 7.07. The molecule has 3 N–H and O–H groups in total. The number of hydrogen-bond donors (Lipinski definition) is 3. The van der Waals surface area contributed by atoms with Crippen molar-refractivity contribution in [1.82, 2.24) is 10.6 Å². The molecule has 1 aromatic carbocycles. The molecule has 0 saturated carbocycles. The molecule has 3 amide bonds. The van der Waals surface area contributed by atoms with Crippen LogP contribution in [0.1, 0.15) is 17.3 Å². The molecular weight excluding hydrogens is 302 g/mol. The van der Waals surface area contributed by atoms with Crippen molar-refractivity contribution in [2.24, 2.45) is 0 Å². The van der Waals surface area contributed by atoms with Crippen LogP contribution in [-0.4, -0.2) is 55.4 Å². The zero-order valence-corrected chi connectivity index (χ0v) is 13.0. The third-order valence-electron chi connectivity index (χ3n) is 3.59. The summed E-state index contributed by atoms with van der Waals surface area (Å²) in [7, 11) is 1.36. The molecule has 1 aromatic rings. The van der Waals surface area contributed by atoms with E-state index in [4.69, 9.17) is 4.74 Å². The number of urea groups is 1. The molecule has 1 aliphatic heterocycles. The Balaban J connectivity index is 2.11. The second-order valence-corrected chi connectivity index (χ2v) is 5.45. The number of carboxylic acids is 1. The van der Waals surface area contributed by atoms with Crippen LogP contribution in [0.25, 0.3) is 0 Å². The molecule has 1 saturated heterocycles. The van der Waals surface area contributed by atoms with Gasteiger partial charge in [-0.25, -0.2) is 9.59 Å². The van der Waals surface area contributed by atoms with Gasteiger partial charge in [-0.3, -0.25) is 9.69 Å². The highest BCUT2D eigenvalue weighted by molar-refractivity contribution is 5.99. The van der Waals surface area contributed by atoms with E-state index in [1.165, 1.54) is 14.0 Å². The number of ether oxygens (including phenoxy) is 1. The molecule has 0 aromatic heterocycles. The third kappa shape index (κ3) is 3.59. The SMILES string of the molecule is COCC(C)(NC(=O)c1ccc(N2CCNC2=O)cc1)C(=O)O. The fourth-order valence-corrected chi connectivity index (χ4v) is 2.27. The number of nitrogens with one attached hydrogen (secondary N) is 2. The minimum atomic E-state index is -1.51. The van der Waals surface area contributed by atoms with Crippen LogP contribution in [-0.2, 0) is 9.53 Å². The maximum Gasteiger partial charge on any atom is 0.331 e. The summed E-state index contributed by atoms with van der Waals surface area (Å²) in [5, 5.41) is 14.4. The molecule has 0 radical (unpaired) electrons. The second kappa shape index (κ2) is 6.66. The fraction of sp³-hybridized carbons (Fsp3) is 0.400. The summed E-state index contributed by atoms with van der Waals surface area (Å²) in [6.07, 6.45) is 0. The Morgan fingerprint density at radius 3 is 2.52 bits per heavy atom. The Hall–Kier alpha value is -2.61. The monoisotopic (exact) mass is 321 g/mol. The van der Waals surface area contributed by atoms with Gasteiger partial charge >= 0.3 is 12.0 Å². The topological polar surface area (TPSA) is 108 Å². The van der Waals surface area contributed by atoms with Gasteiger partial charge in [0.05, 0.1) is 6.61 Å². The lowest BCUT2D eigenvalue weighted by Crippen LogP contribution is -2.55. The lowest BCUT2D eigenvalue weighted by Gasteiger charge is -2.25. The predicted octanol–water partition coefficient (Wildman–Crippen LogP) is 0.436. The van der Waals surface area contributed by atoms with Crippen LogP contribution >= 0.6 is 0 Å². The molecule has 1 aliphatic rings. The molecule has 8 heteroatoms. The van der Waals surface area contributed by atoms with Gasteiger partial charge in [-0.15, -0.1) is 0 Å². The summed E-state index contributed by atoms with van der Waals surface area (Å²) in [4.78, 5) is 36.7. The van der Waals surface area contributed by atoms with Crippen molar-refractivity contribution in [2.45, 2.75) is 12.5 Å². The van der Waals surface area contributed by atoms with Gasteiger partial charge in [0.25, 0.3) is 5.91 Å². The van der Waals surface area contributed by atoms with Gasteiger partial charge in [0, 0.05) is 31.5 Å². The van der Waals surface area contributed by atoms with Gasteiger partial charge in [-0.05, 0) is 31.2 Å². The molecule has 124 valence electrons. The summed E-state index contributed by atoms with van der Waals surface area (Å²) in [6, 6.07) is 6.21. The van der Waals surface area contributed by atoms with E-state index in [1.807, 2.05) is 0 Å². The Bertz CT molecular complexity index is 616. The Kier molecular flexibility index (Phi) is 4.85. The van der Waals surface area contributed by atoms with E-state index in [9.17, 15) is 19.5 Å². The van der Waals surface area contributed by atoms with E-state index in [2.05, 4.69) is 10.6 Å². The normalized spacial score (nSPS) is 16.6. The zero-order chi connectivity index (χ0) is 17.0. The van der Waals surface area contributed by atoms with E-state index >= 15 is 0 Å². The lowest BCUT2D eigenvalue weighted by atomic mass is 10.0. The number of nitrogens with zero attached hydrogens (tertiary/aromatic N) is 1. The first-order chi connectivity index (χ1) is 10.9. The minimum Gasteiger partial charge on any atom is -0.479 e. The number of amides is 3. The number of carbonyl (C=O) groups is 3. The van der Waals surface area contributed by atoms with Crippen molar-refractivity contribution in [3.63, 3.8) is 0 Å². The van der Waals surface area contributed by atoms with Crippen molar-refractivity contribution >= 4 is 23.6 Å². The molecule has 8 nitrogen and oxygen atoms in total. The lowest BCUT2D eigenvalue weighted by molar-refractivity contribution is -0.145.